The van der Waals surface area contributed by atoms with E-state index < -0.39 is 17.5 Å². The monoisotopic (exact) mass is 230 g/mol. The second-order valence-corrected chi connectivity index (χ2v) is 5.12. The van der Waals surface area contributed by atoms with E-state index >= 15 is 0 Å². The number of hydrogen-bond acceptors (Lipinski definition) is 3. The summed E-state index contributed by atoms with van der Waals surface area (Å²) in [7, 11) is 1.61. The first-order valence-electron chi connectivity index (χ1n) is 5.88. The lowest BCUT2D eigenvalue weighted by Crippen LogP contribution is -2.49. The van der Waals surface area contributed by atoms with Crippen LogP contribution in [0.25, 0.3) is 0 Å². The van der Waals surface area contributed by atoms with Crippen LogP contribution in [-0.4, -0.2) is 35.0 Å². The van der Waals surface area contributed by atoms with Gasteiger partial charge in [0.25, 0.3) is 0 Å². The van der Waals surface area contributed by atoms with E-state index in [-0.39, 0.29) is 12.0 Å². The van der Waals surface area contributed by atoms with Crippen molar-refractivity contribution in [3.8, 4) is 0 Å². The Balaban J connectivity index is 2.84. The molecule has 4 nitrogen and oxygen atoms in total. The Hall–Kier alpha value is -0.610. The number of aliphatic carboxylic acids is 1. The van der Waals surface area contributed by atoms with Crippen molar-refractivity contribution in [3.63, 3.8) is 0 Å². The zero-order valence-corrected chi connectivity index (χ0v) is 10.3. The highest BCUT2D eigenvalue weighted by molar-refractivity contribution is 5.71. The van der Waals surface area contributed by atoms with Crippen LogP contribution in [-0.2, 0) is 9.53 Å². The van der Waals surface area contributed by atoms with Gasteiger partial charge in [-0.15, -0.1) is 0 Å². The molecule has 0 aromatic heterocycles. The summed E-state index contributed by atoms with van der Waals surface area (Å²) >= 11 is 0. The normalized spacial score (nSPS) is 32.7. The van der Waals surface area contributed by atoms with Crippen LogP contribution in [0.3, 0.4) is 0 Å². The first kappa shape index (κ1) is 13.5. The molecular weight excluding hydrogens is 208 g/mol. The van der Waals surface area contributed by atoms with E-state index in [1.807, 2.05) is 13.8 Å². The van der Waals surface area contributed by atoms with Crippen LogP contribution >= 0.6 is 0 Å². The van der Waals surface area contributed by atoms with Gasteiger partial charge in [0, 0.05) is 13.5 Å². The summed E-state index contributed by atoms with van der Waals surface area (Å²) in [5.74, 6) is -1.68. The Labute approximate surface area is 96.6 Å². The Bertz CT molecular complexity index is 251. The van der Waals surface area contributed by atoms with Crippen molar-refractivity contribution in [1.29, 1.82) is 0 Å². The van der Waals surface area contributed by atoms with E-state index in [0.717, 1.165) is 12.8 Å². The molecule has 94 valence electrons. The molecule has 1 saturated carbocycles. The molecule has 1 aliphatic carbocycles. The van der Waals surface area contributed by atoms with Gasteiger partial charge in [-0.05, 0) is 25.2 Å². The van der Waals surface area contributed by atoms with Crippen molar-refractivity contribution in [2.24, 2.45) is 11.8 Å². The fourth-order valence-electron chi connectivity index (χ4n) is 2.85. The van der Waals surface area contributed by atoms with Crippen molar-refractivity contribution < 1.29 is 19.7 Å². The molecule has 1 rings (SSSR count). The van der Waals surface area contributed by atoms with E-state index in [1.54, 1.807) is 7.11 Å². The Kier molecular flexibility index (Phi) is 4.33. The maximum absolute atomic E-state index is 11.2. The van der Waals surface area contributed by atoms with Gasteiger partial charge in [0.1, 0.15) is 0 Å². The van der Waals surface area contributed by atoms with E-state index in [1.165, 1.54) is 0 Å². The molecule has 1 aliphatic rings. The maximum atomic E-state index is 11.2. The molecule has 1 fully saturated rings. The van der Waals surface area contributed by atoms with Crippen LogP contribution in [0.2, 0.25) is 0 Å². The molecule has 0 aromatic rings. The molecule has 0 aliphatic heterocycles. The smallest absolute Gasteiger partial charge is 0.309 e. The fourth-order valence-corrected chi connectivity index (χ4v) is 2.85. The molecule has 0 saturated heterocycles. The van der Waals surface area contributed by atoms with Gasteiger partial charge in [-0.25, -0.2) is 0 Å². The lowest BCUT2D eigenvalue weighted by molar-refractivity contribution is -0.163. The van der Waals surface area contributed by atoms with Gasteiger partial charge < -0.3 is 14.9 Å². The maximum Gasteiger partial charge on any atom is 0.309 e. The summed E-state index contributed by atoms with van der Waals surface area (Å²) in [5, 5.41) is 19.7. The van der Waals surface area contributed by atoms with E-state index in [0.29, 0.717) is 12.8 Å². The number of methoxy groups -OCH3 is 1. The SMILES string of the molecule is COC1CCCC(O)(C(C(=O)O)C(C)C)C1. The average Bonchev–Trinajstić information content (AvgIpc) is 2.15. The number of carboxylic acid groups (broad SMARTS) is 1. The quantitative estimate of drug-likeness (QED) is 0.771. The summed E-state index contributed by atoms with van der Waals surface area (Å²) in [6, 6.07) is 0. The molecule has 4 heteroatoms. The fraction of sp³-hybridized carbons (Fsp3) is 0.917. The minimum absolute atomic E-state index is 0.0145. The second-order valence-electron chi connectivity index (χ2n) is 5.12. The van der Waals surface area contributed by atoms with Crippen molar-refractivity contribution >= 4 is 5.97 Å². The zero-order chi connectivity index (χ0) is 12.3. The number of rotatable bonds is 4. The van der Waals surface area contributed by atoms with E-state index in [4.69, 9.17) is 4.74 Å². The van der Waals surface area contributed by atoms with Crippen LogP contribution in [0, 0.1) is 11.8 Å². The molecule has 3 atom stereocenters. The topological polar surface area (TPSA) is 66.8 Å². The van der Waals surface area contributed by atoms with Gasteiger partial charge in [-0.3, -0.25) is 4.79 Å². The van der Waals surface area contributed by atoms with Crippen LogP contribution in [0.4, 0.5) is 0 Å². The zero-order valence-electron chi connectivity index (χ0n) is 10.3. The van der Waals surface area contributed by atoms with Crippen LogP contribution in [0.15, 0.2) is 0 Å². The number of carboxylic acids is 1. The molecular formula is C12H22O4. The van der Waals surface area contributed by atoms with Crippen molar-refractivity contribution in [1.82, 2.24) is 0 Å². The van der Waals surface area contributed by atoms with Crippen molar-refractivity contribution in [3.05, 3.63) is 0 Å². The first-order valence-corrected chi connectivity index (χ1v) is 5.88. The summed E-state index contributed by atoms with van der Waals surface area (Å²) in [6.45, 7) is 3.68. The van der Waals surface area contributed by atoms with Gasteiger partial charge in [0.15, 0.2) is 0 Å². The van der Waals surface area contributed by atoms with Gasteiger partial charge in [0.05, 0.1) is 17.6 Å². The van der Waals surface area contributed by atoms with Crippen molar-refractivity contribution in [2.45, 2.75) is 51.2 Å². The number of ether oxygens (including phenoxy) is 1. The van der Waals surface area contributed by atoms with Crippen molar-refractivity contribution in [2.75, 3.05) is 7.11 Å². The van der Waals surface area contributed by atoms with Gasteiger partial charge in [0.2, 0.25) is 0 Å². The number of hydrogen-bond donors (Lipinski definition) is 2. The molecule has 0 radical (unpaired) electrons. The standard InChI is InChI=1S/C12H22O4/c1-8(2)10(11(13)14)12(15)6-4-5-9(7-12)16-3/h8-10,15H,4-7H2,1-3H3,(H,13,14). The second kappa shape index (κ2) is 5.15. The molecule has 0 bridgehead atoms. The van der Waals surface area contributed by atoms with Gasteiger partial charge in [-0.2, -0.15) is 0 Å². The largest absolute Gasteiger partial charge is 0.481 e. The molecule has 0 heterocycles. The molecule has 2 N–H and O–H groups in total. The Morgan fingerprint density at radius 2 is 2.12 bits per heavy atom. The third-order valence-electron chi connectivity index (χ3n) is 3.56. The highest BCUT2D eigenvalue weighted by Crippen LogP contribution is 2.39. The molecule has 0 aromatic carbocycles. The summed E-state index contributed by atoms with van der Waals surface area (Å²) in [6.07, 6.45) is 2.70. The van der Waals surface area contributed by atoms with Crippen LogP contribution in [0.1, 0.15) is 39.5 Å². The number of carbonyl (C=O) groups is 1. The van der Waals surface area contributed by atoms with E-state index in [9.17, 15) is 15.0 Å². The third-order valence-corrected chi connectivity index (χ3v) is 3.56. The van der Waals surface area contributed by atoms with Crippen LogP contribution in [0.5, 0.6) is 0 Å². The summed E-state index contributed by atoms with van der Waals surface area (Å²) in [5.41, 5.74) is -1.11. The Morgan fingerprint density at radius 1 is 1.50 bits per heavy atom. The minimum Gasteiger partial charge on any atom is -0.481 e. The number of aliphatic hydroxyl groups is 1. The molecule has 0 spiro atoms. The Morgan fingerprint density at radius 3 is 2.56 bits per heavy atom. The molecule has 3 unspecified atom stereocenters. The molecule has 16 heavy (non-hydrogen) atoms. The highest BCUT2D eigenvalue weighted by atomic mass is 16.5. The first-order chi connectivity index (χ1) is 7.40. The predicted molar refractivity (Wildman–Crippen MR) is 60.2 cm³/mol. The van der Waals surface area contributed by atoms with Gasteiger partial charge in [-0.1, -0.05) is 13.8 Å². The van der Waals surface area contributed by atoms with Crippen LogP contribution < -0.4 is 0 Å². The van der Waals surface area contributed by atoms with Gasteiger partial charge >= 0.3 is 5.97 Å². The summed E-state index contributed by atoms with van der Waals surface area (Å²) < 4.78 is 5.24. The van der Waals surface area contributed by atoms with E-state index in [2.05, 4.69) is 0 Å². The lowest BCUT2D eigenvalue weighted by atomic mass is 9.70. The lowest BCUT2D eigenvalue weighted by Gasteiger charge is -2.41. The minimum atomic E-state index is -1.11. The average molecular weight is 230 g/mol. The highest BCUT2D eigenvalue weighted by Gasteiger charge is 2.46. The molecule has 0 amide bonds. The predicted octanol–water partition coefficient (Wildman–Crippen LogP) is 1.66. The third kappa shape index (κ3) is 2.74. The summed E-state index contributed by atoms with van der Waals surface area (Å²) in [4.78, 5) is 11.2.